The van der Waals surface area contributed by atoms with Crippen LogP contribution in [0, 0.1) is 0 Å². The first-order chi connectivity index (χ1) is 13.2. The summed E-state index contributed by atoms with van der Waals surface area (Å²) in [5.41, 5.74) is 1.63. The molecule has 27 heavy (non-hydrogen) atoms. The van der Waals surface area contributed by atoms with E-state index in [1.54, 1.807) is 32.4 Å². The van der Waals surface area contributed by atoms with Crippen LogP contribution in [0.4, 0.5) is 0 Å². The van der Waals surface area contributed by atoms with E-state index in [2.05, 4.69) is 11.4 Å². The lowest BCUT2D eigenvalue weighted by Crippen LogP contribution is -2.25. The van der Waals surface area contributed by atoms with E-state index >= 15 is 0 Å². The first-order valence-electron chi connectivity index (χ1n) is 9.10. The van der Waals surface area contributed by atoms with Crippen LogP contribution in [0.5, 0.6) is 23.0 Å². The first kappa shape index (κ1) is 18.9. The predicted molar refractivity (Wildman–Crippen MR) is 102 cm³/mol. The molecule has 1 amide bonds. The third-order valence-electron chi connectivity index (χ3n) is 4.44. The zero-order valence-electron chi connectivity index (χ0n) is 15.7. The van der Waals surface area contributed by atoms with Crippen molar-refractivity contribution in [1.82, 2.24) is 5.32 Å². The summed E-state index contributed by atoms with van der Waals surface area (Å²) in [6.45, 7) is 1.78. The van der Waals surface area contributed by atoms with Gasteiger partial charge in [-0.15, -0.1) is 0 Å². The normalized spacial score (nSPS) is 12.4. The highest BCUT2D eigenvalue weighted by molar-refractivity contribution is 5.99. The molecule has 144 valence electrons. The fourth-order valence-corrected chi connectivity index (χ4v) is 3.06. The van der Waals surface area contributed by atoms with Gasteiger partial charge in [-0.3, -0.25) is 4.79 Å². The Kier molecular flexibility index (Phi) is 6.41. The SMILES string of the molecule is COc1cccc(OC)c1C(=O)NCCCCc1ccc2c(c1)OCCO2. The van der Waals surface area contributed by atoms with Crippen LogP contribution >= 0.6 is 0 Å². The molecule has 1 aliphatic rings. The van der Waals surface area contributed by atoms with Crippen LogP contribution in [0.2, 0.25) is 0 Å². The van der Waals surface area contributed by atoms with Gasteiger partial charge in [0.05, 0.1) is 14.2 Å². The molecule has 6 nitrogen and oxygen atoms in total. The van der Waals surface area contributed by atoms with Gasteiger partial charge < -0.3 is 24.3 Å². The highest BCUT2D eigenvalue weighted by Gasteiger charge is 2.17. The lowest BCUT2D eigenvalue weighted by Gasteiger charge is -2.18. The van der Waals surface area contributed by atoms with Crippen LogP contribution in [-0.2, 0) is 6.42 Å². The number of aryl methyl sites for hydroxylation is 1. The van der Waals surface area contributed by atoms with Crippen molar-refractivity contribution in [3.63, 3.8) is 0 Å². The van der Waals surface area contributed by atoms with E-state index in [1.807, 2.05) is 12.1 Å². The Bertz CT molecular complexity index is 768. The zero-order valence-corrected chi connectivity index (χ0v) is 15.7. The van der Waals surface area contributed by atoms with Gasteiger partial charge in [0.2, 0.25) is 0 Å². The second-order valence-electron chi connectivity index (χ2n) is 6.23. The molecule has 0 bridgehead atoms. The maximum absolute atomic E-state index is 12.5. The number of fused-ring (bicyclic) bond motifs is 1. The monoisotopic (exact) mass is 371 g/mol. The Balaban J connectivity index is 1.47. The molecule has 0 fully saturated rings. The topological polar surface area (TPSA) is 66.0 Å². The van der Waals surface area contributed by atoms with Gasteiger partial charge in [0.25, 0.3) is 5.91 Å². The number of nitrogens with one attached hydrogen (secondary N) is 1. The first-order valence-corrected chi connectivity index (χ1v) is 9.10. The summed E-state index contributed by atoms with van der Waals surface area (Å²) in [7, 11) is 3.08. The Hall–Kier alpha value is -2.89. The summed E-state index contributed by atoms with van der Waals surface area (Å²) in [4.78, 5) is 12.5. The summed E-state index contributed by atoms with van der Waals surface area (Å²) in [6.07, 6.45) is 2.76. The Morgan fingerprint density at radius 2 is 1.70 bits per heavy atom. The van der Waals surface area contributed by atoms with Crippen molar-refractivity contribution in [2.45, 2.75) is 19.3 Å². The van der Waals surface area contributed by atoms with Crippen LogP contribution in [0.3, 0.4) is 0 Å². The second-order valence-corrected chi connectivity index (χ2v) is 6.23. The van der Waals surface area contributed by atoms with Gasteiger partial charge in [-0.2, -0.15) is 0 Å². The highest BCUT2D eigenvalue weighted by Crippen LogP contribution is 2.31. The maximum atomic E-state index is 12.5. The number of methoxy groups -OCH3 is 2. The summed E-state index contributed by atoms with van der Waals surface area (Å²) in [6, 6.07) is 11.3. The lowest BCUT2D eigenvalue weighted by molar-refractivity contribution is 0.0946. The van der Waals surface area contributed by atoms with Gasteiger partial charge in [0.15, 0.2) is 11.5 Å². The molecule has 1 heterocycles. The molecular formula is C21H25NO5. The minimum Gasteiger partial charge on any atom is -0.496 e. The third-order valence-corrected chi connectivity index (χ3v) is 4.44. The number of hydrogen-bond donors (Lipinski definition) is 1. The van der Waals surface area contributed by atoms with Gasteiger partial charge in [0, 0.05) is 6.54 Å². The lowest BCUT2D eigenvalue weighted by atomic mass is 10.1. The molecule has 1 aliphatic heterocycles. The molecule has 6 heteroatoms. The number of hydrogen-bond acceptors (Lipinski definition) is 5. The van der Waals surface area contributed by atoms with Crippen molar-refractivity contribution in [3.05, 3.63) is 47.5 Å². The maximum Gasteiger partial charge on any atom is 0.258 e. The van der Waals surface area contributed by atoms with Gasteiger partial charge in [0.1, 0.15) is 30.3 Å². The predicted octanol–water partition coefficient (Wildman–Crippen LogP) is 3.23. The van der Waals surface area contributed by atoms with Gasteiger partial charge in [-0.05, 0) is 49.1 Å². The van der Waals surface area contributed by atoms with Crippen LogP contribution in [0.1, 0.15) is 28.8 Å². The van der Waals surface area contributed by atoms with Crippen molar-refractivity contribution in [2.24, 2.45) is 0 Å². The largest absolute Gasteiger partial charge is 0.496 e. The van der Waals surface area contributed by atoms with Crippen LogP contribution in [0.25, 0.3) is 0 Å². The van der Waals surface area contributed by atoms with Gasteiger partial charge in [-0.1, -0.05) is 12.1 Å². The molecular weight excluding hydrogens is 346 g/mol. The quantitative estimate of drug-likeness (QED) is 0.722. The number of carbonyl (C=O) groups excluding carboxylic acids is 1. The molecule has 0 radical (unpaired) electrons. The molecule has 0 atom stereocenters. The summed E-state index contributed by atoms with van der Waals surface area (Å²) in [5.74, 6) is 2.44. The van der Waals surface area contributed by atoms with Crippen molar-refractivity contribution in [3.8, 4) is 23.0 Å². The molecule has 2 aromatic rings. The second kappa shape index (κ2) is 9.16. The molecule has 0 aliphatic carbocycles. The Labute approximate surface area is 159 Å². The molecule has 2 aromatic carbocycles. The van der Waals surface area contributed by atoms with Crippen molar-refractivity contribution >= 4 is 5.91 Å². The Morgan fingerprint density at radius 3 is 2.41 bits per heavy atom. The van der Waals surface area contributed by atoms with Crippen molar-refractivity contribution < 1.29 is 23.7 Å². The number of rotatable bonds is 8. The van der Waals surface area contributed by atoms with Crippen molar-refractivity contribution in [2.75, 3.05) is 34.0 Å². The van der Waals surface area contributed by atoms with E-state index in [-0.39, 0.29) is 5.91 Å². The van der Waals surface area contributed by atoms with E-state index < -0.39 is 0 Å². The summed E-state index contributed by atoms with van der Waals surface area (Å²) >= 11 is 0. The molecule has 0 saturated carbocycles. The van der Waals surface area contributed by atoms with Gasteiger partial charge in [-0.25, -0.2) is 0 Å². The number of unbranched alkanes of at least 4 members (excludes halogenated alkanes) is 1. The molecule has 1 N–H and O–H groups in total. The summed E-state index contributed by atoms with van der Waals surface area (Å²) in [5, 5.41) is 2.94. The average molecular weight is 371 g/mol. The number of ether oxygens (including phenoxy) is 4. The van der Waals surface area contributed by atoms with Crippen LogP contribution in [0.15, 0.2) is 36.4 Å². The Morgan fingerprint density at radius 1 is 1.00 bits per heavy atom. The van der Waals surface area contributed by atoms with Crippen LogP contribution < -0.4 is 24.3 Å². The standard InChI is InChI=1S/C21H25NO5/c1-24-17-7-5-8-18(25-2)20(17)21(23)22-11-4-3-6-15-9-10-16-19(14-15)27-13-12-26-16/h5,7-10,14H,3-4,6,11-13H2,1-2H3,(H,22,23). The minimum absolute atomic E-state index is 0.191. The van der Waals surface area contributed by atoms with E-state index in [1.165, 1.54) is 5.56 Å². The van der Waals surface area contributed by atoms with Gasteiger partial charge >= 0.3 is 0 Å². The van der Waals surface area contributed by atoms with E-state index in [9.17, 15) is 4.79 Å². The molecule has 3 rings (SSSR count). The number of carbonyl (C=O) groups is 1. The summed E-state index contributed by atoms with van der Waals surface area (Å²) < 4.78 is 21.7. The fraction of sp³-hybridized carbons (Fsp3) is 0.381. The number of amides is 1. The molecule has 0 aromatic heterocycles. The van der Waals surface area contributed by atoms with Crippen LogP contribution in [-0.4, -0.2) is 39.9 Å². The molecule has 0 spiro atoms. The third kappa shape index (κ3) is 4.64. The zero-order chi connectivity index (χ0) is 19.1. The number of benzene rings is 2. The fourth-order valence-electron chi connectivity index (χ4n) is 3.06. The van der Waals surface area contributed by atoms with Crippen molar-refractivity contribution in [1.29, 1.82) is 0 Å². The smallest absolute Gasteiger partial charge is 0.258 e. The molecule has 0 unspecified atom stereocenters. The van der Waals surface area contributed by atoms with E-state index in [4.69, 9.17) is 18.9 Å². The average Bonchev–Trinajstić information content (AvgIpc) is 2.72. The minimum atomic E-state index is -0.191. The molecule has 0 saturated heterocycles. The highest BCUT2D eigenvalue weighted by atomic mass is 16.6. The van der Waals surface area contributed by atoms with E-state index in [0.29, 0.717) is 36.8 Å². The van der Waals surface area contributed by atoms with E-state index in [0.717, 1.165) is 30.8 Å².